The first-order valence-electron chi connectivity index (χ1n) is 12.7. The van der Waals surface area contributed by atoms with Gasteiger partial charge in [0.15, 0.2) is 5.96 Å². The first-order valence-corrected chi connectivity index (χ1v) is 12.7. The number of benzene rings is 1. The summed E-state index contributed by atoms with van der Waals surface area (Å²) in [6, 6.07) is 5.66. The summed E-state index contributed by atoms with van der Waals surface area (Å²) in [7, 11) is 0. The van der Waals surface area contributed by atoms with E-state index in [-0.39, 0.29) is 44.1 Å². The minimum Gasteiger partial charge on any atom is -0.383 e. The van der Waals surface area contributed by atoms with Crippen LogP contribution in [0, 0.1) is 5.92 Å². The minimum absolute atomic E-state index is 0.00842. The molecule has 1 aromatic rings. The zero-order chi connectivity index (χ0) is 28.9. The molecule has 1 aliphatic heterocycles. The largest absolute Gasteiger partial charge is 0.383 e. The molecular weight excluding hydrogens is 508 g/mol. The second-order valence-corrected chi connectivity index (χ2v) is 9.71. The first-order chi connectivity index (χ1) is 18.5. The van der Waals surface area contributed by atoms with E-state index >= 15 is 0 Å². The highest BCUT2D eigenvalue weighted by Crippen LogP contribution is 2.10. The number of hydrogen-bond acceptors (Lipinski definition) is 7. The van der Waals surface area contributed by atoms with Crippen LogP contribution in [0.15, 0.2) is 35.3 Å². The Morgan fingerprint density at radius 3 is 2.33 bits per heavy atom. The van der Waals surface area contributed by atoms with Crippen molar-refractivity contribution < 1.29 is 29.1 Å². The lowest BCUT2D eigenvalue weighted by Crippen LogP contribution is -2.62. The second-order valence-electron chi connectivity index (χ2n) is 9.71. The van der Waals surface area contributed by atoms with E-state index in [1.807, 2.05) is 19.9 Å². The van der Waals surface area contributed by atoms with Gasteiger partial charge in [0.1, 0.15) is 24.2 Å². The molecule has 1 fully saturated rings. The van der Waals surface area contributed by atoms with Gasteiger partial charge in [0.2, 0.25) is 23.6 Å². The number of guanidine groups is 1. The minimum atomic E-state index is -1.38. The fourth-order valence-electron chi connectivity index (χ4n) is 3.88. The van der Waals surface area contributed by atoms with E-state index in [1.54, 1.807) is 24.3 Å². The Kier molecular flexibility index (Phi) is 12.1. The van der Waals surface area contributed by atoms with Gasteiger partial charge in [-0.1, -0.05) is 44.2 Å². The number of nitrogens with two attached hydrogens (primary N) is 2. The Morgan fingerprint density at radius 1 is 1.03 bits per heavy atom. The normalized spacial score (nSPS) is 17.2. The summed E-state index contributed by atoms with van der Waals surface area (Å²) in [5.41, 5.74) is 15.8. The van der Waals surface area contributed by atoms with Gasteiger partial charge in [-0.2, -0.15) is 0 Å². The number of aliphatic hydroxyl groups is 1. The summed E-state index contributed by atoms with van der Waals surface area (Å²) in [6.45, 7) is 3.91. The SMILES string of the molecule is CC(C)CC(NC(=O)C(O)Cc1ccccc1)C(=O)NC(CCCN=C(N)N)C(=O)NC1CC(=O)NNC1=O. The van der Waals surface area contributed by atoms with E-state index in [0.717, 1.165) is 5.56 Å². The molecule has 10 N–H and O–H groups in total. The summed E-state index contributed by atoms with van der Waals surface area (Å²) in [5.74, 6) is -3.28. The van der Waals surface area contributed by atoms with Gasteiger partial charge < -0.3 is 32.5 Å². The molecule has 0 aromatic heterocycles. The average molecular weight is 547 g/mol. The van der Waals surface area contributed by atoms with Crippen LogP contribution < -0.4 is 38.3 Å². The van der Waals surface area contributed by atoms with Gasteiger partial charge in [-0.3, -0.25) is 39.8 Å². The number of nitrogens with zero attached hydrogens (tertiary/aromatic N) is 1. The Labute approximate surface area is 226 Å². The van der Waals surface area contributed by atoms with Crippen LogP contribution in [0.1, 0.15) is 45.1 Å². The molecule has 14 nitrogen and oxygen atoms in total. The summed E-state index contributed by atoms with van der Waals surface area (Å²) in [4.78, 5) is 66.6. The van der Waals surface area contributed by atoms with E-state index in [4.69, 9.17) is 11.5 Å². The molecule has 14 heteroatoms. The van der Waals surface area contributed by atoms with Crippen molar-refractivity contribution in [2.24, 2.45) is 22.4 Å². The summed E-state index contributed by atoms with van der Waals surface area (Å²) < 4.78 is 0. The van der Waals surface area contributed by atoms with Crippen molar-refractivity contribution >= 4 is 35.5 Å². The van der Waals surface area contributed by atoms with Gasteiger partial charge in [-0.25, -0.2) is 0 Å². The van der Waals surface area contributed by atoms with Crippen molar-refractivity contribution in [3.63, 3.8) is 0 Å². The van der Waals surface area contributed by atoms with E-state index in [0.29, 0.717) is 6.42 Å². The molecule has 0 aliphatic carbocycles. The molecule has 0 saturated carbocycles. The standard InChI is InChI=1S/C25H38N8O6/c1-14(2)11-17(31-24(39)19(34)12-15-7-4-3-5-8-15)22(37)29-16(9-6-10-28-25(26)27)21(36)30-18-13-20(35)32-33-23(18)38/h3-5,7-8,14,16-19,34H,6,9-13H2,1-2H3,(H,29,37)(H,30,36)(H,31,39)(H,32,35)(H,33,38)(H4,26,27,28). The number of nitrogens with one attached hydrogen (secondary N) is 5. The molecule has 214 valence electrons. The van der Waals surface area contributed by atoms with Gasteiger partial charge in [0.25, 0.3) is 5.91 Å². The maximum absolute atomic E-state index is 13.3. The van der Waals surface area contributed by atoms with Crippen molar-refractivity contribution in [1.29, 1.82) is 0 Å². The lowest BCUT2D eigenvalue weighted by Gasteiger charge is -2.27. The summed E-state index contributed by atoms with van der Waals surface area (Å²) in [5, 5.41) is 18.1. The topological polar surface area (TPSA) is 230 Å². The van der Waals surface area contributed by atoms with Gasteiger partial charge >= 0.3 is 0 Å². The van der Waals surface area contributed by atoms with E-state index in [1.165, 1.54) is 0 Å². The van der Waals surface area contributed by atoms with Crippen molar-refractivity contribution in [2.75, 3.05) is 6.54 Å². The smallest absolute Gasteiger partial charge is 0.261 e. The number of rotatable bonds is 14. The predicted octanol–water partition coefficient (Wildman–Crippen LogP) is -2.30. The number of aliphatic imine (C=N–C) groups is 1. The quantitative estimate of drug-likeness (QED) is 0.0716. The molecule has 39 heavy (non-hydrogen) atoms. The number of aliphatic hydroxyl groups excluding tert-OH is 1. The van der Waals surface area contributed by atoms with Crippen molar-refractivity contribution in [3.8, 4) is 0 Å². The summed E-state index contributed by atoms with van der Waals surface area (Å²) in [6.07, 6.45) is -0.932. The van der Waals surface area contributed by atoms with Crippen LogP contribution in [-0.2, 0) is 30.4 Å². The zero-order valence-corrected chi connectivity index (χ0v) is 22.1. The van der Waals surface area contributed by atoms with Crippen molar-refractivity contribution in [3.05, 3.63) is 35.9 Å². The summed E-state index contributed by atoms with van der Waals surface area (Å²) >= 11 is 0. The maximum Gasteiger partial charge on any atom is 0.261 e. The maximum atomic E-state index is 13.3. The number of hydrazine groups is 1. The van der Waals surface area contributed by atoms with Gasteiger partial charge in [0.05, 0.1) is 6.42 Å². The first kappa shape index (κ1) is 31.0. The Morgan fingerprint density at radius 2 is 1.69 bits per heavy atom. The number of amides is 5. The predicted molar refractivity (Wildman–Crippen MR) is 142 cm³/mol. The van der Waals surface area contributed by atoms with Crippen LogP contribution in [0.2, 0.25) is 0 Å². The lowest BCUT2D eigenvalue weighted by molar-refractivity contribution is -0.139. The molecule has 2 rings (SSSR count). The van der Waals surface area contributed by atoms with Gasteiger partial charge in [-0.05, 0) is 30.7 Å². The average Bonchev–Trinajstić information content (AvgIpc) is 2.87. The molecule has 1 saturated heterocycles. The molecule has 0 spiro atoms. The Bertz CT molecular complexity index is 1040. The fraction of sp³-hybridized carbons (Fsp3) is 0.520. The van der Waals surface area contributed by atoms with Gasteiger partial charge in [0, 0.05) is 13.0 Å². The third-order valence-electron chi connectivity index (χ3n) is 5.84. The highest BCUT2D eigenvalue weighted by molar-refractivity contribution is 5.98. The molecule has 4 unspecified atom stereocenters. The third kappa shape index (κ3) is 11.0. The number of carbonyl (C=O) groups is 5. The molecule has 5 amide bonds. The van der Waals surface area contributed by atoms with Crippen molar-refractivity contribution in [1.82, 2.24) is 26.8 Å². The fourth-order valence-corrected chi connectivity index (χ4v) is 3.88. The molecule has 4 atom stereocenters. The number of hydrogen-bond donors (Lipinski definition) is 8. The van der Waals surface area contributed by atoms with Crippen LogP contribution in [0.4, 0.5) is 0 Å². The molecular formula is C25H38N8O6. The Hall–Kier alpha value is -4.20. The molecule has 1 heterocycles. The van der Waals surface area contributed by atoms with E-state index in [9.17, 15) is 29.1 Å². The van der Waals surface area contributed by atoms with Crippen LogP contribution in [-0.4, -0.2) is 71.4 Å². The molecule has 1 aromatic carbocycles. The highest BCUT2D eigenvalue weighted by Gasteiger charge is 2.33. The monoisotopic (exact) mass is 546 g/mol. The molecule has 0 bridgehead atoms. The van der Waals surface area contributed by atoms with Crippen LogP contribution >= 0.6 is 0 Å². The molecule has 1 aliphatic rings. The van der Waals surface area contributed by atoms with E-state index in [2.05, 4.69) is 31.8 Å². The highest BCUT2D eigenvalue weighted by atomic mass is 16.3. The third-order valence-corrected chi connectivity index (χ3v) is 5.84. The number of carbonyl (C=O) groups excluding carboxylic acids is 5. The van der Waals surface area contributed by atoms with Crippen molar-refractivity contribution in [2.45, 2.75) is 70.2 Å². The van der Waals surface area contributed by atoms with E-state index < -0.39 is 53.8 Å². The van der Waals surface area contributed by atoms with Crippen LogP contribution in [0.3, 0.4) is 0 Å². The Balaban J connectivity index is 2.11. The lowest BCUT2D eigenvalue weighted by atomic mass is 10.0. The van der Waals surface area contributed by atoms with Crippen LogP contribution in [0.5, 0.6) is 0 Å². The van der Waals surface area contributed by atoms with Gasteiger partial charge in [-0.15, -0.1) is 0 Å². The molecule has 0 radical (unpaired) electrons. The zero-order valence-electron chi connectivity index (χ0n) is 22.1. The second kappa shape index (κ2) is 15.3. The van der Waals surface area contributed by atoms with Crippen LogP contribution in [0.25, 0.3) is 0 Å².